The Kier molecular flexibility index (Phi) is 9.03. The summed E-state index contributed by atoms with van der Waals surface area (Å²) in [6.45, 7) is 9.37. The molecule has 1 amide bonds. The Hall–Kier alpha value is -2.71. The van der Waals surface area contributed by atoms with Gasteiger partial charge in [0.2, 0.25) is 5.91 Å². The first-order valence-electron chi connectivity index (χ1n) is 11.3. The van der Waals surface area contributed by atoms with Crippen molar-refractivity contribution in [1.82, 2.24) is 19.8 Å². The van der Waals surface area contributed by atoms with Gasteiger partial charge >= 0.3 is 0 Å². The molecule has 1 heterocycles. The number of fused-ring (bicyclic) bond motifs is 1. The lowest BCUT2D eigenvalue weighted by molar-refractivity contribution is -0.119. The number of halogens is 1. The van der Waals surface area contributed by atoms with E-state index in [1.165, 1.54) is 28.5 Å². The number of nitrogens with one attached hydrogen (secondary N) is 1. The summed E-state index contributed by atoms with van der Waals surface area (Å²) in [4.78, 5) is 32.7. The third-order valence-electron chi connectivity index (χ3n) is 5.56. The Morgan fingerprint density at radius 2 is 1.94 bits per heavy atom. The lowest BCUT2D eigenvalue weighted by Gasteiger charge is -2.20. The molecule has 3 rings (SSSR count). The van der Waals surface area contributed by atoms with Gasteiger partial charge in [-0.3, -0.25) is 14.2 Å². The molecule has 0 radical (unpaired) electrons. The SMILES string of the molecule is CCN(CC)CCCC(C)NC(=O)CSc1nc2ccccc2c(=O)n1-c1cccc(F)c1. The number of aromatic nitrogens is 2. The van der Waals surface area contributed by atoms with E-state index in [1.54, 1.807) is 30.3 Å². The van der Waals surface area contributed by atoms with Gasteiger partial charge in [0.15, 0.2) is 5.16 Å². The minimum Gasteiger partial charge on any atom is -0.353 e. The predicted octanol–water partition coefficient (Wildman–Crippen LogP) is 4.24. The van der Waals surface area contributed by atoms with Crippen LogP contribution in [-0.4, -0.2) is 51.8 Å². The fourth-order valence-corrected chi connectivity index (χ4v) is 4.56. The quantitative estimate of drug-likeness (QED) is 0.335. The number of benzene rings is 2. The van der Waals surface area contributed by atoms with Crippen LogP contribution in [0.25, 0.3) is 16.6 Å². The second-order valence-corrected chi connectivity index (χ2v) is 8.90. The third-order valence-corrected chi connectivity index (χ3v) is 6.50. The van der Waals surface area contributed by atoms with Gasteiger partial charge in [0.05, 0.1) is 22.3 Å². The van der Waals surface area contributed by atoms with E-state index in [-0.39, 0.29) is 23.3 Å². The first-order valence-corrected chi connectivity index (χ1v) is 12.3. The van der Waals surface area contributed by atoms with Crippen molar-refractivity contribution in [2.75, 3.05) is 25.4 Å². The van der Waals surface area contributed by atoms with Crippen LogP contribution >= 0.6 is 11.8 Å². The van der Waals surface area contributed by atoms with Gasteiger partial charge in [-0.05, 0) is 69.7 Å². The molecule has 176 valence electrons. The number of hydrogen-bond acceptors (Lipinski definition) is 5. The summed E-state index contributed by atoms with van der Waals surface area (Å²) in [5, 5.41) is 3.82. The van der Waals surface area contributed by atoms with Crippen molar-refractivity contribution in [2.45, 2.75) is 44.8 Å². The highest BCUT2D eigenvalue weighted by Crippen LogP contribution is 2.21. The standard InChI is InChI=1S/C25H31FN4O2S/c1-4-29(5-2)15-9-10-18(3)27-23(31)17-33-25-28-22-14-7-6-13-21(22)24(32)30(25)20-12-8-11-19(26)16-20/h6-8,11-14,16,18H,4-5,9-10,15,17H2,1-3H3,(H,27,31). The summed E-state index contributed by atoms with van der Waals surface area (Å²) in [5.41, 5.74) is 0.632. The average molecular weight is 471 g/mol. The average Bonchev–Trinajstić information content (AvgIpc) is 2.80. The van der Waals surface area contributed by atoms with Gasteiger partial charge in [0, 0.05) is 6.04 Å². The number of thioether (sulfide) groups is 1. The van der Waals surface area contributed by atoms with Crippen molar-refractivity contribution in [1.29, 1.82) is 0 Å². The van der Waals surface area contributed by atoms with Crippen LogP contribution in [0.5, 0.6) is 0 Å². The smallest absolute Gasteiger partial charge is 0.266 e. The van der Waals surface area contributed by atoms with E-state index >= 15 is 0 Å². The maximum absolute atomic E-state index is 13.9. The molecule has 2 aromatic carbocycles. The summed E-state index contributed by atoms with van der Waals surface area (Å²) in [6, 6.07) is 12.9. The molecule has 0 aliphatic rings. The molecule has 0 aliphatic carbocycles. The zero-order chi connectivity index (χ0) is 23.8. The van der Waals surface area contributed by atoms with Crippen molar-refractivity contribution in [3.63, 3.8) is 0 Å². The normalized spacial score (nSPS) is 12.3. The lowest BCUT2D eigenvalue weighted by Crippen LogP contribution is -2.35. The van der Waals surface area contributed by atoms with Crippen molar-refractivity contribution >= 4 is 28.6 Å². The van der Waals surface area contributed by atoms with Gasteiger partial charge in [-0.1, -0.05) is 43.8 Å². The molecule has 0 spiro atoms. The van der Waals surface area contributed by atoms with Gasteiger partial charge in [-0.15, -0.1) is 0 Å². The molecule has 1 unspecified atom stereocenters. The Bertz CT molecular complexity index is 1150. The molecule has 0 saturated heterocycles. The molecule has 1 N–H and O–H groups in total. The Labute approximate surface area is 198 Å². The molecule has 8 heteroatoms. The van der Waals surface area contributed by atoms with Crippen LogP contribution in [0.4, 0.5) is 4.39 Å². The summed E-state index contributed by atoms with van der Waals surface area (Å²) in [7, 11) is 0. The third kappa shape index (κ3) is 6.65. The highest BCUT2D eigenvalue weighted by atomic mass is 32.2. The summed E-state index contributed by atoms with van der Waals surface area (Å²) in [5.74, 6) is -0.455. The molecule has 0 fully saturated rings. The topological polar surface area (TPSA) is 67.2 Å². The fraction of sp³-hybridized carbons (Fsp3) is 0.400. The minimum atomic E-state index is -0.445. The first-order chi connectivity index (χ1) is 15.9. The molecule has 0 saturated carbocycles. The van der Waals surface area contributed by atoms with Crippen molar-refractivity contribution < 1.29 is 9.18 Å². The molecule has 1 aromatic heterocycles. The largest absolute Gasteiger partial charge is 0.353 e. The van der Waals surface area contributed by atoms with E-state index in [0.29, 0.717) is 21.7 Å². The van der Waals surface area contributed by atoms with Gasteiger partial charge in [0.1, 0.15) is 5.82 Å². The molecular formula is C25H31FN4O2S. The zero-order valence-corrected chi connectivity index (χ0v) is 20.2. The molecular weight excluding hydrogens is 439 g/mol. The minimum absolute atomic E-state index is 0.0589. The highest BCUT2D eigenvalue weighted by molar-refractivity contribution is 7.99. The summed E-state index contributed by atoms with van der Waals surface area (Å²) < 4.78 is 15.2. The number of carbonyl (C=O) groups excluding carboxylic acids is 1. The molecule has 1 atom stereocenters. The zero-order valence-electron chi connectivity index (χ0n) is 19.4. The first kappa shape index (κ1) is 24.9. The van der Waals surface area contributed by atoms with E-state index < -0.39 is 5.82 Å². The van der Waals surface area contributed by atoms with Crippen molar-refractivity contribution in [3.05, 3.63) is 64.7 Å². The number of rotatable bonds is 11. The van der Waals surface area contributed by atoms with Crippen LogP contribution in [0.1, 0.15) is 33.6 Å². The monoisotopic (exact) mass is 470 g/mol. The van der Waals surface area contributed by atoms with E-state index in [2.05, 4.69) is 29.0 Å². The molecule has 33 heavy (non-hydrogen) atoms. The van der Waals surface area contributed by atoms with E-state index in [0.717, 1.165) is 32.5 Å². The molecule has 6 nitrogen and oxygen atoms in total. The van der Waals surface area contributed by atoms with Gasteiger partial charge in [-0.25, -0.2) is 9.37 Å². The maximum Gasteiger partial charge on any atom is 0.266 e. The molecule has 3 aromatic rings. The number of nitrogens with zero attached hydrogens (tertiary/aromatic N) is 3. The summed E-state index contributed by atoms with van der Waals surface area (Å²) >= 11 is 1.17. The van der Waals surface area contributed by atoms with Crippen LogP contribution in [0.15, 0.2) is 58.5 Å². The van der Waals surface area contributed by atoms with Crippen LogP contribution in [0.3, 0.4) is 0 Å². The lowest BCUT2D eigenvalue weighted by atomic mass is 10.2. The van der Waals surface area contributed by atoms with Crippen molar-refractivity contribution in [2.24, 2.45) is 0 Å². The van der Waals surface area contributed by atoms with Gasteiger partial charge in [-0.2, -0.15) is 0 Å². The Balaban J connectivity index is 1.72. The summed E-state index contributed by atoms with van der Waals surface area (Å²) in [6.07, 6.45) is 1.91. The number of amides is 1. The maximum atomic E-state index is 13.9. The van der Waals surface area contributed by atoms with Crippen LogP contribution in [0.2, 0.25) is 0 Å². The van der Waals surface area contributed by atoms with E-state index in [1.807, 2.05) is 13.0 Å². The van der Waals surface area contributed by atoms with Crippen LogP contribution in [-0.2, 0) is 4.79 Å². The fourth-order valence-electron chi connectivity index (χ4n) is 3.73. The van der Waals surface area contributed by atoms with Crippen LogP contribution in [0, 0.1) is 5.82 Å². The number of hydrogen-bond donors (Lipinski definition) is 1. The van der Waals surface area contributed by atoms with Crippen molar-refractivity contribution in [3.8, 4) is 5.69 Å². The highest BCUT2D eigenvalue weighted by Gasteiger charge is 2.16. The molecule has 0 bridgehead atoms. The molecule has 0 aliphatic heterocycles. The van der Waals surface area contributed by atoms with Gasteiger partial charge in [0.25, 0.3) is 5.56 Å². The number of carbonyl (C=O) groups is 1. The predicted molar refractivity (Wildman–Crippen MR) is 133 cm³/mol. The van der Waals surface area contributed by atoms with E-state index in [4.69, 9.17) is 0 Å². The van der Waals surface area contributed by atoms with E-state index in [9.17, 15) is 14.0 Å². The second-order valence-electron chi connectivity index (χ2n) is 7.96. The van der Waals surface area contributed by atoms with Gasteiger partial charge < -0.3 is 10.2 Å². The Morgan fingerprint density at radius 1 is 1.18 bits per heavy atom. The Morgan fingerprint density at radius 3 is 2.67 bits per heavy atom. The number of para-hydroxylation sites is 1. The van der Waals surface area contributed by atoms with Crippen LogP contribution < -0.4 is 10.9 Å². The second kappa shape index (κ2) is 12.0.